The highest BCUT2D eigenvalue weighted by Gasteiger charge is 2.35. The van der Waals surface area contributed by atoms with Crippen molar-refractivity contribution < 1.29 is 0 Å². The molecule has 4 aromatic carbocycles. The van der Waals surface area contributed by atoms with Crippen molar-refractivity contribution >= 4 is 26.7 Å². The van der Waals surface area contributed by atoms with Crippen LogP contribution in [0.2, 0.25) is 0 Å². The smallest absolute Gasteiger partial charge is 0.0178 e. The molecule has 0 nitrogen and oxygen atoms in total. The number of halogens is 1. The fourth-order valence-corrected chi connectivity index (χ4v) is 4.72. The maximum absolute atomic E-state index is 3.64. The van der Waals surface area contributed by atoms with Crippen LogP contribution < -0.4 is 0 Å². The van der Waals surface area contributed by atoms with Crippen LogP contribution in [0.4, 0.5) is 0 Å². The summed E-state index contributed by atoms with van der Waals surface area (Å²) in [4.78, 5) is 0. The van der Waals surface area contributed by atoms with E-state index in [0.717, 1.165) is 4.47 Å². The average Bonchev–Trinajstić information content (AvgIpc) is 2.88. The van der Waals surface area contributed by atoms with Crippen molar-refractivity contribution in [3.05, 3.63) is 94.5 Å². The van der Waals surface area contributed by atoms with Crippen molar-refractivity contribution in [2.45, 2.75) is 19.3 Å². The van der Waals surface area contributed by atoms with Crippen molar-refractivity contribution in [3.8, 4) is 22.3 Å². The molecular weight excluding hydrogens is 380 g/mol. The molecule has 0 unspecified atom stereocenters. The molecule has 5 rings (SSSR count). The first kappa shape index (κ1) is 15.8. The van der Waals surface area contributed by atoms with Crippen molar-refractivity contribution in [2.24, 2.45) is 0 Å². The summed E-state index contributed by atoms with van der Waals surface area (Å²) in [6.07, 6.45) is 0. The van der Waals surface area contributed by atoms with Gasteiger partial charge in [-0.25, -0.2) is 0 Å². The fourth-order valence-electron chi connectivity index (χ4n) is 4.35. The summed E-state index contributed by atoms with van der Waals surface area (Å²) < 4.78 is 1.14. The molecule has 0 saturated heterocycles. The summed E-state index contributed by atoms with van der Waals surface area (Å²) in [5.41, 5.74) is 8.14. The summed E-state index contributed by atoms with van der Waals surface area (Å²) in [6, 6.07) is 28.8. The SMILES string of the molecule is CC1(C)c2cc(Br)ccc2-c2ccc(-c3cccc4ccccc34)cc21. The third kappa shape index (κ3) is 2.20. The molecule has 0 radical (unpaired) electrons. The highest BCUT2D eigenvalue weighted by atomic mass is 79.9. The van der Waals surface area contributed by atoms with Gasteiger partial charge in [-0.3, -0.25) is 0 Å². The third-order valence-electron chi connectivity index (χ3n) is 5.74. The van der Waals surface area contributed by atoms with E-state index < -0.39 is 0 Å². The Kier molecular flexibility index (Phi) is 3.39. The first-order valence-corrected chi connectivity index (χ1v) is 9.78. The van der Waals surface area contributed by atoms with E-state index in [1.165, 1.54) is 44.2 Å². The highest BCUT2D eigenvalue weighted by molar-refractivity contribution is 9.10. The molecule has 0 spiro atoms. The van der Waals surface area contributed by atoms with E-state index >= 15 is 0 Å². The first-order chi connectivity index (χ1) is 12.6. The van der Waals surface area contributed by atoms with Crippen LogP contribution in [0.5, 0.6) is 0 Å². The van der Waals surface area contributed by atoms with Gasteiger partial charge in [0.25, 0.3) is 0 Å². The molecule has 1 aliphatic rings. The topological polar surface area (TPSA) is 0 Å². The lowest BCUT2D eigenvalue weighted by Gasteiger charge is -2.22. The Morgan fingerprint density at radius 1 is 0.654 bits per heavy atom. The van der Waals surface area contributed by atoms with Crippen molar-refractivity contribution in [1.29, 1.82) is 0 Å². The molecule has 0 amide bonds. The first-order valence-electron chi connectivity index (χ1n) is 8.99. The van der Waals surface area contributed by atoms with Gasteiger partial charge < -0.3 is 0 Å². The minimum atomic E-state index is 0.00897. The quantitative estimate of drug-likeness (QED) is 0.310. The molecule has 0 atom stereocenters. The molecule has 0 heterocycles. The molecule has 0 N–H and O–H groups in total. The Morgan fingerprint density at radius 3 is 2.19 bits per heavy atom. The minimum Gasteiger partial charge on any atom is -0.0616 e. The summed E-state index contributed by atoms with van der Waals surface area (Å²) in [5.74, 6) is 0. The van der Waals surface area contributed by atoms with Crippen LogP contribution >= 0.6 is 15.9 Å². The number of fused-ring (bicyclic) bond motifs is 4. The summed E-state index contributed by atoms with van der Waals surface area (Å²) in [5, 5.41) is 2.60. The molecule has 0 aromatic heterocycles. The zero-order valence-corrected chi connectivity index (χ0v) is 16.5. The van der Waals surface area contributed by atoms with E-state index in [9.17, 15) is 0 Å². The lowest BCUT2D eigenvalue weighted by atomic mass is 9.81. The van der Waals surface area contributed by atoms with Gasteiger partial charge in [-0.2, -0.15) is 0 Å². The standard InChI is InChI=1S/C25H19Br/c1-25(2)23-14-17(20-9-5-7-16-6-3-4-8-19(16)20)10-12-21(23)22-13-11-18(26)15-24(22)25/h3-15H,1-2H3. The Bertz CT molecular complexity index is 1160. The van der Waals surface area contributed by atoms with E-state index in [1.54, 1.807) is 0 Å². The van der Waals surface area contributed by atoms with Crippen LogP contribution in [-0.2, 0) is 5.41 Å². The summed E-state index contributed by atoms with van der Waals surface area (Å²) in [6.45, 7) is 4.66. The van der Waals surface area contributed by atoms with Gasteiger partial charge in [-0.05, 0) is 62.4 Å². The van der Waals surface area contributed by atoms with E-state index in [4.69, 9.17) is 0 Å². The van der Waals surface area contributed by atoms with E-state index in [2.05, 4.69) is 109 Å². The van der Waals surface area contributed by atoms with Crippen LogP contribution in [0.15, 0.2) is 83.3 Å². The van der Waals surface area contributed by atoms with Gasteiger partial charge in [0, 0.05) is 9.89 Å². The Balaban J connectivity index is 1.75. The maximum atomic E-state index is 3.64. The maximum Gasteiger partial charge on any atom is 0.0178 e. The van der Waals surface area contributed by atoms with Crippen LogP contribution in [0, 0.1) is 0 Å². The van der Waals surface area contributed by atoms with Crippen LogP contribution in [0.3, 0.4) is 0 Å². The van der Waals surface area contributed by atoms with Gasteiger partial charge in [0.2, 0.25) is 0 Å². The lowest BCUT2D eigenvalue weighted by molar-refractivity contribution is 0.660. The van der Waals surface area contributed by atoms with Crippen LogP contribution in [-0.4, -0.2) is 0 Å². The molecule has 0 saturated carbocycles. The number of benzene rings is 4. The predicted molar refractivity (Wildman–Crippen MR) is 115 cm³/mol. The van der Waals surface area contributed by atoms with Crippen molar-refractivity contribution in [3.63, 3.8) is 0 Å². The normalized spacial score (nSPS) is 14.3. The second kappa shape index (κ2) is 5.56. The van der Waals surface area contributed by atoms with Gasteiger partial charge in [0.05, 0.1) is 0 Å². The van der Waals surface area contributed by atoms with Crippen molar-refractivity contribution in [2.75, 3.05) is 0 Å². The van der Waals surface area contributed by atoms with Crippen LogP contribution in [0.25, 0.3) is 33.0 Å². The van der Waals surface area contributed by atoms with Crippen LogP contribution in [0.1, 0.15) is 25.0 Å². The predicted octanol–water partition coefficient (Wildman–Crippen LogP) is 7.58. The van der Waals surface area contributed by atoms with Gasteiger partial charge in [0.1, 0.15) is 0 Å². The van der Waals surface area contributed by atoms with Gasteiger partial charge in [-0.15, -0.1) is 0 Å². The second-order valence-corrected chi connectivity index (χ2v) is 8.52. The minimum absolute atomic E-state index is 0.00897. The molecule has 4 aromatic rings. The second-order valence-electron chi connectivity index (χ2n) is 7.60. The number of hydrogen-bond donors (Lipinski definition) is 0. The van der Waals surface area contributed by atoms with E-state index in [-0.39, 0.29) is 5.41 Å². The Labute approximate surface area is 162 Å². The number of hydrogen-bond acceptors (Lipinski definition) is 0. The molecule has 0 bridgehead atoms. The van der Waals surface area contributed by atoms with Gasteiger partial charge >= 0.3 is 0 Å². The molecule has 1 aliphatic carbocycles. The van der Waals surface area contributed by atoms with Gasteiger partial charge in [0.15, 0.2) is 0 Å². The zero-order chi connectivity index (χ0) is 17.9. The molecule has 1 heteroatoms. The fraction of sp³-hybridized carbons (Fsp3) is 0.120. The largest absolute Gasteiger partial charge is 0.0616 e. The Morgan fingerprint density at radius 2 is 1.35 bits per heavy atom. The van der Waals surface area contributed by atoms with E-state index in [0.29, 0.717) is 0 Å². The third-order valence-corrected chi connectivity index (χ3v) is 6.23. The molecule has 26 heavy (non-hydrogen) atoms. The van der Waals surface area contributed by atoms with Gasteiger partial charge in [-0.1, -0.05) is 90.4 Å². The molecule has 0 aliphatic heterocycles. The molecule has 126 valence electrons. The Hall–Kier alpha value is -2.38. The van der Waals surface area contributed by atoms with Crippen molar-refractivity contribution in [1.82, 2.24) is 0 Å². The lowest BCUT2D eigenvalue weighted by Crippen LogP contribution is -2.15. The molecule has 0 fully saturated rings. The number of rotatable bonds is 1. The monoisotopic (exact) mass is 398 g/mol. The average molecular weight is 399 g/mol. The summed E-state index contributed by atoms with van der Waals surface area (Å²) >= 11 is 3.64. The van der Waals surface area contributed by atoms with E-state index in [1.807, 2.05) is 0 Å². The highest BCUT2D eigenvalue weighted by Crippen LogP contribution is 2.50. The molecular formula is C25H19Br. The zero-order valence-electron chi connectivity index (χ0n) is 14.9. The summed E-state index contributed by atoms with van der Waals surface area (Å²) in [7, 11) is 0.